The molecule has 0 fully saturated rings. The lowest BCUT2D eigenvalue weighted by Crippen LogP contribution is -2.20. The van der Waals surface area contributed by atoms with E-state index >= 15 is 0 Å². The van der Waals surface area contributed by atoms with Crippen LogP contribution in [-0.4, -0.2) is 31.1 Å². The first-order valence-corrected chi connectivity index (χ1v) is 4.30. The van der Waals surface area contributed by atoms with Crippen molar-refractivity contribution in [3.05, 3.63) is 0 Å². The largest absolute Gasteiger partial charge is 0.462 e. The maximum Gasteiger partial charge on any atom is 0.352 e. The van der Waals surface area contributed by atoms with Crippen LogP contribution in [0.4, 0.5) is 0 Å². The standard InChI is InChI=1S/C9H15NO3/c1-4-7(11)6-8(10-3)9(12)13-5-2/h4-6H2,1-3H3. The Labute approximate surface area is 78.0 Å². The van der Waals surface area contributed by atoms with E-state index in [4.69, 9.17) is 4.74 Å². The Bertz CT molecular complexity index is 221. The van der Waals surface area contributed by atoms with Gasteiger partial charge >= 0.3 is 5.97 Å². The lowest BCUT2D eigenvalue weighted by molar-refractivity contribution is -0.135. The van der Waals surface area contributed by atoms with Crippen molar-refractivity contribution in [1.29, 1.82) is 0 Å². The van der Waals surface area contributed by atoms with Gasteiger partial charge in [-0.25, -0.2) is 4.79 Å². The molecule has 74 valence electrons. The summed E-state index contributed by atoms with van der Waals surface area (Å²) >= 11 is 0. The molecule has 0 rings (SSSR count). The molecule has 0 bridgehead atoms. The van der Waals surface area contributed by atoms with Gasteiger partial charge in [0, 0.05) is 13.5 Å². The summed E-state index contributed by atoms with van der Waals surface area (Å²) in [6.07, 6.45) is 0.490. The van der Waals surface area contributed by atoms with E-state index in [1.807, 2.05) is 0 Å². The summed E-state index contributed by atoms with van der Waals surface area (Å²) in [4.78, 5) is 25.8. The van der Waals surface area contributed by atoms with Crippen molar-refractivity contribution < 1.29 is 14.3 Å². The van der Waals surface area contributed by atoms with E-state index in [0.717, 1.165) is 0 Å². The summed E-state index contributed by atoms with van der Waals surface area (Å²) in [5.41, 5.74) is 0.203. The fraction of sp³-hybridized carbons (Fsp3) is 0.667. The van der Waals surface area contributed by atoms with Gasteiger partial charge in [-0.3, -0.25) is 9.79 Å². The lowest BCUT2D eigenvalue weighted by atomic mass is 10.1. The minimum absolute atomic E-state index is 0.00588. The third kappa shape index (κ3) is 4.40. The maximum atomic E-state index is 11.1. The van der Waals surface area contributed by atoms with Crippen molar-refractivity contribution in [1.82, 2.24) is 0 Å². The van der Waals surface area contributed by atoms with Gasteiger partial charge in [-0.15, -0.1) is 0 Å². The summed E-state index contributed by atoms with van der Waals surface area (Å²) in [6, 6.07) is 0. The number of carbonyl (C=O) groups excluding carboxylic acids is 2. The Balaban J connectivity index is 4.20. The monoisotopic (exact) mass is 185 g/mol. The zero-order valence-corrected chi connectivity index (χ0v) is 8.29. The first kappa shape index (κ1) is 11.8. The highest BCUT2D eigenvalue weighted by atomic mass is 16.5. The van der Waals surface area contributed by atoms with Gasteiger partial charge in [0.05, 0.1) is 13.0 Å². The molecule has 13 heavy (non-hydrogen) atoms. The number of nitrogens with zero attached hydrogens (tertiary/aromatic N) is 1. The second-order valence-corrected chi connectivity index (χ2v) is 2.46. The van der Waals surface area contributed by atoms with Gasteiger partial charge in [-0.2, -0.15) is 0 Å². The summed E-state index contributed by atoms with van der Waals surface area (Å²) in [5.74, 6) is -0.500. The van der Waals surface area contributed by atoms with Crippen LogP contribution in [0.25, 0.3) is 0 Å². The van der Waals surface area contributed by atoms with E-state index in [1.54, 1.807) is 13.8 Å². The van der Waals surface area contributed by atoms with Crippen LogP contribution < -0.4 is 0 Å². The summed E-state index contributed by atoms with van der Waals surface area (Å²) < 4.78 is 4.72. The van der Waals surface area contributed by atoms with Crippen LogP contribution in [0.3, 0.4) is 0 Å². The average Bonchev–Trinajstić information content (AvgIpc) is 2.14. The molecule has 0 N–H and O–H groups in total. The van der Waals surface area contributed by atoms with Crippen LogP contribution in [0.2, 0.25) is 0 Å². The quantitative estimate of drug-likeness (QED) is 0.474. The maximum absolute atomic E-state index is 11.1. The van der Waals surface area contributed by atoms with Crippen molar-refractivity contribution in [2.24, 2.45) is 4.99 Å². The number of aliphatic imine (C=N–C) groups is 1. The van der Waals surface area contributed by atoms with E-state index in [9.17, 15) is 9.59 Å². The van der Waals surface area contributed by atoms with Crippen LogP contribution in [0, 0.1) is 0 Å². The smallest absolute Gasteiger partial charge is 0.352 e. The van der Waals surface area contributed by atoms with E-state index < -0.39 is 5.97 Å². The van der Waals surface area contributed by atoms with Crippen LogP contribution >= 0.6 is 0 Å². The second-order valence-electron chi connectivity index (χ2n) is 2.46. The van der Waals surface area contributed by atoms with E-state index in [0.29, 0.717) is 13.0 Å². The van der Waals surface area contributed by atoms with Gasteiger partial charge in [-0.1, -0.05) is 6.92 Å². The number of Topliss-reactive ketones (excluding diaryl/α,β-unsaturated/α-hetero) is 1. The highest BCUT2D eigenvalue weighted by molar-refractivity contribution is 6.39. The molecule has 0 aromatic rings. The first-order valence-electron chi connectivity index (χ1n) is 4.30. The second kappa shape index (κ2) is 6.34. The van der Waals surface area contributed by atoms with Gasteiger partial charge in [0.2, 0.25) is 0 Å². The van der Waals surface area contributed by atoms with E-state index in [2.05, 4.69) is 4.99 Å². The average molecular weight is 185 g/mol. The van der Waals surface area contributed by atoms with Gasteiger partial charge in [0.15, 0.2) is 0 Å². The molecule has 0 aliphatic carbocycles. The Kier molecular flexibility index (Phi) is 5.76. The SMILES string of the molecule is CCOC(=O)C(CC(=O)CC)=NC. The minimum Gasteiger partial charge on any atom is -0.462 e. The number of hydrogen-bond acceptors (Lipinski definition) is 4. The van der Waals surface area contributed by atoms with Gasteiger partial charge < -0.3 is 4.74 Å². The molecule has 4 heteroatoms. The summed E-state index contributed by atoms with van der Waals surface area (Å²) in [6.45, 7) is 3.77. The number of hydrogen-bond donors (Lipinski definition) is 0. The highest BCUT2D eigenvalue weighted by Crippen LogP contribution is 1.95. The number of ketones is 1. The lowest BCUT2D eigenvalue weighted by Gasteiger charge is -2.03. The van der Waals surface area contributed by atoms with E-state index in [-0.39, 0.29) is 17.9 Å². The molecule has 0 heterocycles. The number of ether oxygens (including phenoxy) is 1. The van der Waals surface area contributed by atoms with Crippen molar-refractivity contribution in [2.45, 2.75) is 26.7 Å². The minimum atomic E-state index is -0.494. The molecule has 0 saturated carbocycles. The molecule has 0 radical (unpaired) electrons. The Morgan fingerprint density at radius 2 is 1.92 bits per heavy atom. The number of rotatable bonds is 5. The fourth-order valence-electron chi connectivity index (χ4n) is 0.769. The molecular formula is C9H15NO3. The molecule has 0 atom stereocenters. The zero-order chi connectivity index (χ0) is 10.3. The molecular weight excluding hydrogens is 170 g/mol. The summed E-state index contributed by atoms with van der Waals surface area (Å²) in [5, 5.41) is 0. The Morgan fingerprint density at radius 1 is 1.31 bits per heavy atom. The zero-order valence-electron chi connectivity index (χ0n) is 8.29. The topological polar surface area (TPSA) is 55.7 Å². The molecule has 0 unspecified atom stereocenters. The van der Waals surface area contributed by atoms with Gasteiger partial charge in [0.1, 0.15) is 11.5 Å². The van der Waals surface area contributed by atoms with Crippen molar-refractivity contribution in [3.8, 4) is 0 Å². The Morgan fingerprint density at radius 3 is 2.31 bits per heavy atom. The fourth-order valence-corrected chi connectivity index (χ4v) is 0.769. The predicted octanol–water partition coefficient (Wildman–Crippen LogP) is 0.990. The molecule has 0 aliphatic rings. The van der Waals surface area contributed by atoms with Gasteiger partial charge in [0.25, 0.3) is 0 Å². The molecule has 0 aromatic carbocycles. The molecule has 0 amide bonds. The third-order valence-electron chi connectivity index (χ3n) is 1.54. The van der Waals surface area contributed by atoms with Crippen LogP contribution in [0.5, 0.6) is 0 Å². The Hall–Kier alpha value is -1.19. The van der Waals surface area contributed by atoms with Crippen LogP contribution in [0.15, 0.2) is 4.99 Å². The predicted molar refractivity (Wildman–Crippen MR) is 49.9 cm³/mol. The third-order valence-corrected chi connectivity index (χ3v) is 1.54. The first-order chi connectivity index (χ1) is 6.15. The molecule has 0 spiro atoms. The summed E-state index contributed by atoms with van der Waals surface area (Å²) in [7, 11) is 1.48. The number of esters is 1. The molecule has 0 aliphatic heterocycles. The molecule has 0 aromatic heterocycles. The van der Waals surface area contributed by atoms with Crippen molar-refractivity contribution >= 4 is 17.5 Å². The van der Waals surface area contributed by atoms with Crippen LogP contribution in [-0.2, 0) is 14.3 Å². The molecule has 4 nitrogen and oxygen atoms in total. The highest BCUT2D eigenvalue weighted by Gasteiger charge is 2.14. The van der Waals surface area contributed by atoms with Crippen molar-refractivity contribution in [2.75, 3.05) is 13.7 Å². The molecule has 0 saturated heterocycles. The van der Waals surface area contributed by atoms with Crippen molar-refractivity contribution in [3.63, 3.8) is 0 Å². The van der Waals surface area contributed by atoms with Crippen LogP contribution in [0.1, 0.15) is 26.7 Å². The normalized spacial score (nSPS) is 11.2. The van der Waals surface area contributed by atoms with E-state index in [1.165, 1.54) is 7.05 Å². The number of carbonyl (C=O) groups is 2. The van der Waals surface area contributed by atoms with Gasteiger partial charge in [-0.05, 0) is 6.92 Å².